The molecular formula is C9H18N2O3. The van der Waals surface area contributed by atoms with Gasteiger partial charge in [0.2, 0.25) is 11.8 Å². The molecule has 0 spiro atoms. The molecule has 0 aromatic rings. The minimum absolute atomic E-state index is 0.254. The quantitative estimate of drug-likeness (QED) is 0.518. The Hall–Kier alpha value is -1.10. The molecule has 0 heterocycles. The van der Waals surface area contributed by atoms with E-state index in [2.05, 4.69) is 0 Å². The van der Waals surface area contributed by atoms with E-state index in [0.717, 1.165) is 0 Å². The van der Waals surface area contributed by atoms with Gasteiger partial charge in [0.25, 0.3) is 0 Å². The second-order valence-electron chi connectivity index (χ2n) is 3.54. The minimum Gasteiger partial charge on any atom is -0.393 e. The van der Waals surface area contributed by atoms with E-state index in [1.807, 2.05) is 0 Å². The molecule has 5 N–H and O–H groups in total. The second-order valence-corrected chi connectivity index (χ2v) is 3.54. The summed E-state index contributed by atoms with van der Waals surface area (Å²) in [5.41, 5.74) is 10.1. The van der Waals surface area contributed by atoms with Gasteiger partial charge >= 0.3 is 0 Å². The van der Waals surface area contributed by atoms with Gasteiger partial charge in [-0.25, -0.2) is 0 Å². The summed E-state index contributed by atoms with van der Waals surface area (Å²) in [5.74, 6) is -1.19. The number of hydrogen-bond acceptors (Lipinski definition) is 3. The average molecular weight is 202 g/mol. The number of carbonyl (C=O) groups is 2. The van der Waals surface area contributed by atoms with Gasteiger partial charge in [0, 0.05) is 12.3 Å². The fourth-order valence-corrected chi connectivity index (χ4v) is 1.31. The van der Waals surface area contributed by atoms with Crippen molar-refractivity contribution in [2.75, 3.05) is 0 Å². The van der Waals surface area contributed by atoms with Crippen molar-refractivity contribution in [3.63, 3.8) is 0 Å². The van der Waals surface area contributed by atoms with E-state index in [4.69, 9.17) is 16.6 Å². The summed E-state index contributed by atoms with van der Waals surface area (Å²) in [5, 5.41) is 9.08. The van der Waals surface area contributed by atoms with Gasteiger partial charge < -0.3 is 16.6 Å². The van der Waals surface area contributed by atoms with E-state index >= 15 is 0 Å². The van der Waals surface area contributed by atoms with E-state index in [0.29, 0.717) is 19.3 Å². The lowest BCUT2D eigenvalue weighted by Crippen LogP contribution is -2.26. The largest absolute Gasteiger partial charge is 0.393 e. The van der Waals surface area contributed by atoms with Crippen molar-refractivity contribution in [1.29, 1.82) is 0 Å². The molecule has 5 nitrogen and oxygen atoms in total. The Morgan fingerprint density at radius 3 is 2.29 bits per heavy atom. The summed E-state index contributed by atoms with van der Waals surface area (Å²) in [6.45, 7) is 1.60. The van der Waals surface area contributed by atoms with Crippen molar-refractivity contribution in [3.05, 3.63) is 0 Å². The molecule has 0 radical (unpaired) electrons. The average Bonchev–Trinajstić information content (AvgIpc) is 2.00. The van der Waals surface area contributed by atoms with Gasteiger partial charge in [-0.05, 0) is 26.2 Å². The van der Waals surface area contributed by atoms with E-state index in [-0.39, 0.29) is 18.2 Å². The van der Waals surface area contributed by atoms with Gasteiger partial charge in [-0.15, -0.1) is 0 Å². The standard InChI is InChI=1S/C9H18N2O3/c1-6(12)5-7(9(11)14)3-2-4-8(10)13/h6-7,12H,2-5H2,1H3,(H2,10,13)(H2,11,14)/t6?,7-/m0/s1. The maximum atomic E-state index is 10.9. The molecule has 0 rings (SSSR count). The first-order chi connectivity index (χ1) is 6.43. The number of nitrogens with two attached hydrogens (primary N) is 2. The minimum atomic E-state index is -0.555. The van der Waals surface area contributed by atoms with E-state index in [1.165, 1.54) is 0 Å². The number of primary amides is 2. The maximum Gasteiger partial charge on any atom is 0.220 e. The molecule has 2 amide bonds. The third-order valence-corrected chi connectivity index (χ3v) is 2.00. The Morgan fingerprint density at radius 2 is 1.93 bits per heavy atom. The molecular weight excluding hydrogens is 184 g/mol. The maximum absolute atomic E-state index is 10.9. The van der Waals surface area contributed by atoms with Crippen LogP contribution < -0.4 is 11.5 Å². The van der Waals surface area contributed by atoms with Crippen LogP contribution in [-0.2, 0) is 9.59 Å². The van der Waals surface area contributed by atoms with Crippen LogP contribution in [0.5, 0.6) is 0 Å². The number of carbonyl (C=O) groups excluding carboxylic acids is 2. The third kappa shape index (κ3) is 6.42. The summed E-state index contributed by atoms with van der Waals surface area (Å²) in [6.07, 6.45) is 1.08. The van der Waals surface area contributed by atoms with Crippen molar-refractivity contribution in [1.82, 2.24) is 0 Å². The number of hydrogen-bond donors (Lipinski definition) is 3. The lowest BCUT2D eigenvalue weighted by atomic mass is 9.95. The molecule has 0 bridgehead atoms. The highest BCUT2D eigenvalue weighted by Crippen LogP contribution is 2.14. The zero-order valence-corrected chi connectivity index (χ0v) is 8.40. The summed E-state index contributed by atoms with van der Waals surface area (Å²) < 4.78 is 0. The van der Waals surface area contributed by atoms with Gasteiger partial charge in [-0.1, -0.05) is 0 Å². The first-order valence-electron chi connectivity index (χ1n) is 4.69. The van der Waals surface area contributed by atoms with Crippen LogP contribution in [0.3, 0.4) is 0 Å². The van der Waals surface area contributed by atoms with Crippen LogP contribution >= 0.6 is 0 Å². The fraction of sp³-hybridized carbons (Fsp3) is 0.778. The molecule has 0 aromatic heterocycles. The highest BCUT2D eigenvalue weighted by atomic mass is 16.3. The van der Waals surface area contributed by atoms with Crippen LogP contribution in [0.1, 0.15) is 32.6 Å². The molecule has 14 heavy (non-hydrogen) atoms. The molecule has 1 unspecified atom stereocenters. The van der Waals surface area contributed by atoms with Gasteiger partial charge in [0.15, 0.2) is 0 Å². The highest BCUT2D eigenvalue weighted by molar-refractivity contribution is 5.77. The number of aliphatic hydroxyl groups excluding tert-OH is 1. The Balaban J connectivity index is 3.85. The van der Waals surface area contributed by atoms with Crippen LogP contribution in [0, 0.1) is 5.92 Å². The first kappa shape index (κ1) is 12.9. The molecule has 0 saturated carbocycles. The Labute approximate surface area is 83.5 Å². The monoisotopic (exact) mass is 202 g/mol. The lowest BCUT2D eigenvalue weighted by molar-refractivity contribution is -0.123. The highest BCUT2D eigenvalue weighted by Gasteiger charge is 2.17. The van der Waals surface area contributed by atoms with Gasteiger partial charge in [0.1, 0.15) is 0 Å². The molecule has 5 heteroatoms. The Kier molecular flexibility index (Phi) is 5.87. The summed E-state index contributed by atoms with van der Waals surface area (Å²) in [4.78, 5) is 21.3. The Morgan fingerprint density at radius 1 is 1.36 bits per heavy atom. The number of rotatable bonds is 7. The molecule has 82 valence electrons. The second kappa shape index (κ2) is 6.37. The molecule has 0 aromatic carbocycles. The number of aliphatic hydroxyl groups is 1. The first-order valence-corrected chi connectivity index (χ1v) is 4.69. The molecule has 0 aliphatic rings. The van der Waals surface area contributed by atoms with Crippen LogP contribution in [0.15, 0.2) is 0 Å². The SMILES string of the molecule is CC(O)C[C@H](CCCC(N)=O)C(N)=O. The van der Waals surface area contributed by atoms with Gasteiger partial charge in [0.05, 0.1) is 6.10 Å². The van der Waals surface area contributed by atoms with Crippen LogP contribution in [0.2, 0.25) is 0 Å². The van der Waals surface area contributed by atoms with Crippen LogP contribution in [0.25, 0.3) is 0 Å². The predicted octanol–water partition coefficient (Wildman–Crippen LogP) is -0.486. The lowest BCUT2D eigenvalue weighted by Gasteiger charge is -2.14. The molecule has 0 aliphatic carbocycles. The van der Waals surface area contributed by atoms with Gasteiger partial charge in [-0.3, -0.25) is 9.59 Å². The van der Waals surface area contributed by atoms with Crippen LogP contribution in [-0.4, -0.2) is 23.0 Å². The fourth-order valence-electron chi connectivity index (χ4n) is 1.31. The Bertz CT molecular complexity index is 204. The zero-order valence-electron chi connectivity index (χ0n) is 8.40. The van der Waals surface area contributed by atoms with Gasteiger partial charge in [-0.2, -0.15) is 0 Å². The summed E-state index contributed by atoms with van der Waals surface area (Å²) >= 11 is 0. The molecule has 0 saturated heterocycles. The van der Waals surface area contributed by atoms with E-state index in [1.54, 1.807) is 6.92 Å². The predicted molar refractivity (Wildman–Crippen MR) is 52.0 cm³/mol. The molecule has 0 aliphatic heterocycles. The van der Waals surface area contributed by atoms with Crippen molar-refractivity contribution in [2.24, 2.45) is 17.4 Å². The number of amides is 2. The molecule has 0 fully saturated rings. The smallest absolute Gasteiger partial charge is 0.220 e. The van der Waals surface area contributed by atoms with Crippen molar-refractivity contribution in [2.45, 2.75) is 38.7 Å². The van der Waals surface area contributed by atoms with Crippen molar-refractivity contribution < 1.29 is 14.7 Å². The van der Waals surface area contributed by atoms with Crippen molar-refractivity contribution in [3.8, 4) is 0 Å². The zero-order chi connectivity index (χ0) is 11.1. The van der Waals surface area contributed by atoms with E-state index in [9.17, 15) is 9.59 Å². The van der Waals surface area contributed by atoms with Crippen LogP contribution in [0.4, 0.5) is 0 Å². The summed E-state index contributed by atoms with van der Waals surface area (Å²) in [6, 6.07) is 0. The third-order valence-electron chi connectivity index (χ3n) is 2.00. The van der Waals surface area contributed by atoms with Crippen molar-refractivity contribution >= 4 is 11.8 Å². The molecule has 2 atom stereocenters. The van der Waals surface area contributed by atoms with E-state index < -0.39 is 12.0 Å². The topological polar surface area (TPSA) is 106 Å². The normalized spacial score (nSPS) is 14.7. The summed E-state index contributed by atoms with van der Waals surface area (Å²) in [7, 11) is 0.